The van der Waals surface area contributed by atoms with E-state index in [1.165, 1.54) is 116 Å². The molecule has 0 aromatic carbocycles. The molecule has 0 aromatic heterocycles. The van der Waals surface area contributed by atoms with Crippen molar-refractivity contribution in [1.29, 1.82) is 0 Å². The molecular weight excluding hydrogens is 316 g/mol. The molecule has 2 unspecified atom stereocenters. The molecule has 0 bridgehead atoms. The molecule has 0 spiro atoms. The van der Waals surface area contributed by atoms with E-state index in [1.807, 2.05) is 0 Å². The summed E-state index contributed by atoms with van der Waals surface area (Å²) in [5, 5.41) is 0. The molecule has 1 aliphatic carbocycles. The van der Waals surface area contributed by atoms with Crippen LogP contribution in [0.2, 0.25) is 0 Å². The van der Waals surface area contributed by atoms with E-state index in [4.69, 9.17) is 4.74 Å². The van der Waals surface area contributed by atoms with E-state index in [0.717, 1.165) is 24.4 Å². The van der Waals surface area contributed by atoms with Crippen LogP contribution in [0.3, 0.4) is 0 Å². The highest BCUT2D eigenvalue weighted by Crippen LogP contribution is 2.39. The third-order valence-electron chi connectivity index (χ3n) is 7.31. The molecule has 0 aromatic rings. The van der Waals surface area contributed by atoms with Gasteiger partial charge in [0.05, 0.1) is 12.7 Å². The van der Waals surface area contributed by atoms with Gasteiger partial charge in [-0.1, -0.05) is 97.3 Å². The van der Waals surface area contributed by atoms with Crippen LogP contribution in [-0.4, -0.2) is 12.7 Å². The molecule has 0 radical (unpaired) electrons. The van der Waals surface area contributed by atoms with Crippen molar-refractivity contribution >= 4 is 0 Å². The van der Waals surface area contributed by atoms with Gasteiger partial charge in [-0.3, -0.25) is 0 Å². The predicted octanol–water partition coefficient (Wildman–Crippen LogP) is 8.31. The Morgan fingerprint density at radius 3 is 1.73 bits per heavy atom. The van der Waals surface area contributed by atoms with Crippen LogP contribution in [0.1, 0.15) is 129 Å². The van der Waals surface area contributed by atoms with Gasteiger partial charge in [0, 0.05) is 0 Å². The van der Waals surface area contributed by atoms with Crippen LogP contribution in [0.5, 0.6) is 0 Å². The molecule has 0 amide bonds. The van der Waals surface area contributed by atoms with Gasteiger partial charge in [-0.25, -0.2) is 0 Å². The molecule has 2 fully saturated rings. The van der Waals surface area contributed by atoms with E-state index >= 15 is 0 Å². The summed E-state index contributed by atoms with van der Waals surface area (Å²) >= 11 is 0. The van der Waals surface area contributed by atoms with Crippen LogP contribution < -0.4 is 0 Å². The highest BCUT2D eigenvalue weighted by molar-refractivity contribution is 4.81. The quantitative estimate of drug-likeness (QED) is 0.298. The van der Waals surface area contributed by atoms with Crippen molar-refractivity contribution < 1.29 is 4.74 Å². The lowest BCUT2D eigenvalue weighted by atomic mass is 9.72. The van der Waals surface area contributed by atoms with Gasteiger partial charge in [-0.05, 0) is 49.9 Å². The molecule has 26 heavy (non-hydrogen) atoms. The van der Waals surface area contributed by atoms with Gasteiger partial charge in [0.15, 0.2) is 0 Å². The maximum atomic E-state index is 6.28. The monoisotopic (exact) mass is 364 g/mol. The second-order valence-corrected chi connectivity index (χ2v) is 9.48. The highest BCUT2D eigenvalue weighted by Gasteiger charge is 2.31. The SMILES string of the molecule is CCCCCCCC1CCC(C2CCC(CCCCCCC)OC2)CC1. The first kappa shape index (κ1) is 22.3. The minimum atomic E-state index is 0.590. The zero-order valence-electron chi connectivity index (χ0n) is 18.2. The number of rotatable bonds is 13. The highest BCUT2D eigenvalue weighted by atomic mass is 16.5. The van der Waals surface area contributed by atoms with Crippen molar-refractivity contribution in [3.63, 3.8) is 0 Å². The summed E-state index contributed by atoms with van der Waals surface area (Å²) in [7, 11) is 0. The predicted molar refractivity (Wildman–Crippen MR) is 115 cm³/mol. The fourth-order valence-corrected chi connectivity index (χ4v) is 5.39. The van der Waals surface area contributed by atoms with E-state index in [9.17, 15) is 0 Å². The van der Waals surface area contributed by atoms with Crippen molar-refractivity contribution in [2.45, 2.75) is 136 Å². The van der Waals surface area contributed by atoms with E-state index in [0.29, 0.717) is 6.10 Å². The molecule has 2 rings (SSSR count). The Labute approximate surface area is 165 Å². The summed E-state index contributed by atoms with van der Waals surface area (Å²) in [4.78, 5) is 0. The molecule has 1 nitrogen and oxygen atoms in total. The third-order valence-corrected chi connectivity index (χ3v) is 7.31. The Morgan fingerprint density at radius 2 is 1.15 bits per heavy atom. The fraction of sp³-hybridized carbons (Fsp3) is 1.00. The smallest absolute Gasteiger partial charge is 0.0575 e. The second kappa shape index (κ2) is 14.0. The molecule has 1 saturated heterocycles. The molecule has 154 valence electrons. The maximum Gasteiger partial charge on any atom is 0.0575 e. The molecule has 1 heterocycles. The average molecular weight is 365 g/mol. The standard InChI is InChI=1S/C25H48O/c1-3-5-7-9-11-13-22-15-17-23(18-16-22)24-19-20-25(26-21-24)14-12-10-8-6-4-2/h22-25H,3-21H2,1-2H3. The van der Waals surface area contributed by atoms with Gasteiger partial charge in [-0.15, -0.1) is 0 Å². The first-order chi connectivity index (χ1) is 12.8. The number of hydrogen-bond donors (Lipinski definition) is 0. The first-order valence-corrected chi connectivity index (χ1v) is 12.4. The second-order valence-electron chi connectivity index (χ2n) is 9.48. The molecular formula is C25H48O. The average Bonchev–Trinajstić information content (AvgIpc) is 2.69. The van der Waals surface area contributed by atoms with Crippen LogP contribution >= 0.6 is 0 Å². The molecule has 2 aliphatic rings. The Morgan fingerprint density at radius 1 is 0.577 bits per heavy atom. The van der Waals surface area contributed by atoms with Crippen LogP contribution in [0.25, 0.3) is 0 Å². The summed E-state index contributed by atoms with van der Waals surface area (Å²) < 4.78 is 6.28. The minimum absolute atomic E-state index is 0.590. The lowest BCUT2D eigenvalue weighted by Crippen LogP contribution is -2.32. The van der Waals surface area contributed by atoms with Crippen LogP contribution in [0, 0.1) is 17.8 Å². The maximum absolute atomic E-state index is 6.28. The zero-order chi connectivity index (χ0) is 18.5. The molecule has 0 N–H and O–H groups in total. The Kier molecular flexibility index (Phi) is 12.0. The molecule has 1 saturated carbocycles. The summed E-state index contributed by atoms with van der Waals surface area (Å²) in [6, 6.07) is 0. The fourth-order valence-electron chi connectivity index (χ4n) is 5.39. The van der Waals surface area contributed by atoms with E-state index < -0.39 is 0 Å². The molecule has 1 heteroatoms. The van der Waals surface area contributed by atoms with Crippen molar-refractivity contribution in [2.75, 3.05) is 6.61 Å². The van der Waals surface area contributed by atoms with Crippen molar-refractivity contribution in [3.8, 4) is 0 Å². The Hall–Kier alpha value is -0.0400. The van der Waals surface area contributed by atoms with Crippen LogP contribution in [0.4, 0.5) is 0 Å². The van der Waals surface area contributed by atoms with Gasteiger partial charge in [0.2, 0.25) is 0 Å². The van der Waals surface area contributed by atoms with Gasteiger partial charge in [0.1, 0.15) is 0 Å². The van der Waals surface area contributed by atoms with Crippen LogP contribution in [0.15, 0.2) is 0 Å². The van der Waals surface area contributed by atoms with Gasteiger partial charge in [-0.2, -0.15) is 0 Å². The minimum Gasteiger partial charge on any atom is -0.378 e. The van der Waals surface area contributed by atoms with Gasteiger partial charge < -0.3 is 4.74 Å². The lowest BCUT2D eigenvalue weighted by molar-refractivity contribution is -0.0429. The summed E-state index contributed by atoms with van der Waals surface area (Å²) in [6.07, 6.45) is 26.5. The Bertz CT molecular complexity index is 278. The van der Waals surface area contributed by atoms with E-state index in [-0.39, 0.29) is 0 Å². The number of hydrogen-bond acceptors (Lipinski definition) is 1. The third kappa shape index (κ3) is 8.77. The largest absolute Gasteiger partial charge is 0.378 e. The summed E-state index contributed by atoms with van der Waals surface area (Å²) in [5.74, 6) is 2.92. The van der Waals surface area contributed by atoms with Gasteiger partial charge >= 0.3 is 0 Å². The topological polar surface area (TPSA) is 9.23 Å². The van der Waals surface area contributed by atoms with Gasteiger partial charge in [0.25, 0.3) is 0 Å². The Balaban J connectivity index is 1.50. The van der Waals surface area contributed by atoms with E-state index in [1.54, 1.807) is 0 Å². The zero-order valence-corrected chi connectivity index (χ0v) is 18.2. The summed E-state index contributed by atoms with van der Waals surface area (Å²) in [5.41, 5.74) is 0. The van der Waals surface area contributed by atoms with E-state index in [2.05, 4.69) is 13.8 Å². The summed E-state index contributed by atoms with van der Waals surface area (Å²) in [6.45, 7) is 5.68. The van der Waals surface area contributed by atoms with Crippen molar-refractivity contribution in [1.82, 2.24) is 0 Å². The first-order valence-electron chi connectivity index (χ1n) is 12.4. The number of unbranched alkanes of at least 4 members (excludes halogenated alkanes) is 8. The number of ether oxygens (including phenoxy) is 1. The molecule has 1 aliphatic heterocycles. The van der Waals surface area contributed by atoms with Crippen molar-refractivity contribution in [2.24, 2.45) is 17.8 Å². The molecule has 2 atom stereocenters. The lowest BCUT2D eigenvalue weighted by Gasteiger charge is -2.38. The normalized spacial score (nSPS) is 29.8. The van der Waals surface area contributed by atoms with Crippen LogP contribution in [-0.2, 0) is 4.74 Å². The van der Waals surface area contributed by atoms with Crippen molar-refractivity contribution in [3.05, 3.63) is 0 Å².